The number of fused-ring (bicyclic) bond motifs is 1. The Morgan fingerprint density at radius 3 is 2.32 bits per heavy atom. The molecule has 0 amide bonds. The number of benzene rings is 1. The van der Waals surface area contributed by atoms with Gasteiger partial charge in [-0.05, 0) is 19.4 Å². The first-order valence-corrected chi connectivity index (χ1v) is 15.7. The molecule has 0 aliphatic rings. The summed E-state index contributed by atoms with van der Waals surface area (Å²) in [7, 11) is 2.51. The first-order valence-electron chi connectivity index (χ1n) is 6.64. The fourth-order valence-electron chi connectivity index (χ4n) is 2.26. The number of hydrogen-bond donors (Lipinski definition) is 2. The molecule has 2 aromatic heterocycles. The fourth-order valence-corrected chi connectivity index (χ4v) is 2.26. The van der Waals surface area contributed by atoms with Gasteiger partial charge in [0, 0.05) is 18.3 Å². The maximum atomic E-state index is 4.63. The Hall–Kier alpha value is -0.316. The van der Waals surface area contributed by atoms with Gasteiger partial charge >= 0.3 is 49.4 Å². The van der Waals surface area contributed by atoms with E-state index in [9.17, 15) is 0 Å². The van der Waals surface area contributed by atoms with Crippen LogP contribution < -0.4 is 5.32 Å². The van der Waals surface area contributed by atoms with E-state index in [4.69, 9.17) is 0 Å². The predicted octanol–water partition coefficient (Wildman–Crippen LogP) is 5.05. The molecular weight excluding hydrogens is 541 g/mol. The van der Waals surface area contributed by atoms with E-state index in [0.29, 0.717) is 9.47 Å². The molecule has 115 valence electrons. The maximum absolute atomic E-state index is 4.63. The number of halogens is 2. The van der Waals surface area contributed by atoms with Gasteiger partial charge in [-0.15, -0.1) is 0 Å². The van der Waals surface area contributed by atoms with E-state index in [2.05, 4.69) is 74.1 Å². The summed E-state index contributed by atoms with van der Waals surface area (Å²) in [6.45, 7) is 4.14. The normalized spacial score (nSPS) is 10.0. The van der Waals surface area contributed by atoms with Gasteiger partial charge in [0.2, 0.25) is 0 Å². The van der Waals surface area contributed by atoms with Crippen LogP contribution in [0.15, 0.2) is 30.3 Å². The molecule has 0 unspecified atom stereocenters. The van der Waals surface area contributed by atoms with E-state index in [0.717, 1.165) is 33.9 Å². The summed E-state index contributed by atoms with van der Waals surface area (Å²) in [5.74, 6) is 1.60. The van der Waals surface area contributed by atoms with Gasteiger partial charge in [-0.1, -0.05) is 30.3 Å². The van der Waals surface area contributed by atoms with E-state index < -0.39 is 0 Å². The van der Waals surface area contributed by atoms with Crippen LogP contribution in [-0.2, 0) is 9.47 Å². The van der Waals surface area contributed by atoms with Gasteiger partial charge < -0.3 is 10.3 Å². The van der Waals surface area contributed by atoms with Crippen LogP contribution in [0.3, 0.4) is 0 Å². The molecule has 0 atom stereocenters. The molecule has 0 bridgehead atoms. The molecule has 0 aliphatic carbocycles. The number of H-pyrrole nitrogens is 1. The summed E-state index contributed by atoms with van der Waals surface area (Å²) >= 11 is 4.74. The van der Waals surface area contributed by atoms with Crippen LogP contribution in [0.1, 0.15) is 11.3 Å². The number of aromatic amines is 1. The third-order valence-corrected chi connectivity index (χ3v) is 3.42. The van der Waals surface area contributed by atoms with Crippen LogP contribution in [0.5, 0.6) is 0 Å². The standard InChI is InChI=1S/C15H16N4.2HI.V/c1-9-10(2)17-15-12(9)14(16-3)18-13(19-15)11-7-5-4-6-8-11;;;/h4-8H,1-3H3,(H2,16,17,18,19);2*1H;/q;;;+2/p-2. The number of rotatable bonds is 2. The second kappa shape index (κ2) is 8.51. The van der Waals surface area contributed by atoms with Crippen LogP contribution in [0.25, 0.3) is 22.4 Å². The molecule has 0 aliphatic heterocycles. The minimum absolute atomic E-state index is 0.628. The van der Waals surface area contributed by atoms with Gasteiger partial charge in [-0.25, -0.2) is 9.97 Å². The van der Waals surface area contributed by atoms with Crippen molar-refractivity contribution in [3.8, 4) is 11.4 Å². The van der Waals surface area contributed by atoms with Gasteiger partial charge in [0.25, 0.3) is 0 Å². The van der Waals surface area contributed by atoms with Crippen molar-refractivity contribution >= 4 is 56.8 Å². The third kappa shape index (κ3) is 3.95. The van der Waals surface area contributed by atoms with Crippen LogP contribution in [0, 0.1) is 13.8 Å². The summed E-state index contributed by atoms with van der Waals surface area (Å²) in [6, 6.07) is 10.0. The van der Waals surface area contributed by atoms with Crippen molar-refractivity contribution in [1.29, 1.82) is 0 Å². The zero-order valence-electron chi connectivity index (χ0n) is 12.5. The summed E-state index contributed by atoms with van der Waals surface area (Å²) < 4.78 is 0. The Bertz CT molecular complexity index is 759. The van der Waals surface area contributed by atoms with E-state index in [1.54, 1.807) is 0 Å². The van der Waals surface area contributed by atoms with Gasteiger partial charge in [-0.2, -0.15) is 0 Å². The molecule has 0 saturated heterocycles. The van der Waals surface area contributed by atoms with Gasteiger partial charge in [0.1, 0.15) is 11.5 Å². The molecule has 3 aromatic rings. The summed E-state index contributed by atoms with van der Waals surface area (Å²) in [5.41, 5.74) is 4.23. The van der Waals surface area contributed by atoms with Crippen molar-refractivity contribution in [1.82, 2.24) is 15.0 Å². The molecular formula is C15H16I2N4V. The average molecular weight is 557 g/mol. The fraction of sp³-hybridized carbons (Fsp3) is 0.200. The van der Waals surface area contributed by atoms with Crippen molar-refractivity contribution in [2.24, 2.45) is 0 Å². The summed E-state index contributed by atoms with van der Waals surface area (Å²) in [6.07, 6.45) is 0. The second-order valence-corrected chi connectivity index (χ2v) is 16.5. The number of nitrogens with zero attached hydrogens (tertiary/aromatic N) is 2. The molecule has 0 spiro atoms. The molecule has 4 nitrogen and oxygen atoms in total. The predicted molar refractivity (Wildman–Crippen MR) is 106 cm³/mol. The van der Waals surface area contributed by atoms with Crippen molar-refractivity contribution in [2.75, 3.05) is 12.4 Å². The number of aryl methyl sites for hydroxylation is 2. The summed E-state index contributed by atoms with van der Waals surface area (Å²) in [4.78, 5) is 12.6. The van der Waals surface area contributed by atoms with Crippen molar-refractivity contribution in [2.45, 2.75) is 13.8 Å². The minimum atomic E-state index is 0.628. The van der Waals surface area contributed by atoms with Crippen LogP contribution >= 0.6 is 40.0 Å². The Labute approximate surface area is 159 Å². The second-order valence-electron chi connectivity index (χ2n) is 4.67. The molecule has 0 fully saturated rings. The summed E-state index contributed by atoms with van der Waals surface area (Å²) in [5, 5.41) is 4.23. The topological polar surface area (TPSA) is 53.6 Å². The zero-order valence-corrected chi connectivity index (χ0v) is 18.2. The monoisotopic (exact) mass is 557 g/mol. The quantitative estimate of drug-likeness (QED) is 0.434. The number of hydrogen-bond acceptors (Lipinski definition) is 3. The Balaban J connectivity index is 0.000000545. The van der Waals surface area contributed by atoms with E-state index in [1.807, 2.05) is 37.4 Å². The molecule has 0 saturated carbocycles. The first-order chi connectivity index (χ1) is 10.6. The Morgan fingerprint density at radius 1 is 1.09 bits per heavy atom. The van der Waals surface area contributed by atoms with E-state index in [1.165, 1.54) is 5.56 Å². The van der Waals surface area contributed by atoms with E-state index >= 15 is 0 Å². The molecule has 22 heavy (non-hydrogen) atoms. The number of anilines is 1. The number of nitrogens with one attached hydrogen (secondary N) is 2. The van der Waals surface area contributed by atoms with Crippen molar-refractivity contribution in [3.63, 3.8) is 0 Å². The Morgan fingerprint density at radius 2 is 1.73 bits per heavy atom. The molecule has 3 rings (SSSR count). The Kier molecular flexibility index (Phi) is 6.98. The zero-order chi connectivity index (χ0) is 16.1. The van der Waals surface area contributed by atoms with Crippen LogP contribution in [0.4, 0.5) is 5.82 Å². The van der Waals surface area contributed by atoms with Gasteiger partial charge in [0.05, 0.1) is 5.39 Å². The average Bonchev–Trinajstić information content (AvgIpc) is 2.83. The third-order valence-electron chi connectivity index (χ3n) is 3.42. The van der Waals surface area contributed by atoms with Gasteiger partial charge in [0.15, 0.2) is 5.82 Å². The van der Waals surface area contributed by atoms with Crippen molar-refractivity contribution in [3.05, 3.63) is 41.6 Å². The molecule has 7 heteroatoms. The van der Waals surface area contributed by atoms with E-state index in [-0.39, 0.29) is 0 Å². The van der Waals surface area contributed by atoms with Crippen LogP contribution in [-0.4, -0.2) is 22.0 Å². The van der Waals surface area contributed by atoms with Crippen LogP contribution in [0.2, 0.25) is 0 Å². The first kappa shape index (κ1) is 18.0. The number of aromatic nitrogens is 3. The molecule has 0 radical (unpaired) electrons. The molecule has 2 heterocycles. The molecule has 2 N–H and O–H groups in total. The molecule has 1 aromatic carbocycles. The SMILES string of the molecule is CNc1nc(-c2ccccc2)nc2[nH]c(C)c(C)c12.[I][V][I]. The van der Waals surface area contributed by atoms with Gasteiger partial charge in [-0.3, -0.25) is 0 Å². The van der Waals surface area contributed by atoms with Crippen molar-refractivity contribution < 1.29 is 9.47 Å².